The van der Waals surface area contributed by atoms with Gasteiger partial charge in [-0.05, 0) is 24.8 Å². The summed E-state index contributed by atoms with van der Waals surface area (Å²) in [7, 11) is 0. The van der Waals surface area contributed by atoms with E-state index < -0.39 is 0 Å². The molecule has 2 N–H and O–H groups in total. The second kappa shape index (κ2) is 5.58. The van der Waals surface area contributed by atoms with E-state index in [1.54, 1.807) is 12.3 Å². The second-order valence-electron chi connectivity index (χ2n) is 4.79. The molecule has 3 nitrogen and oxygen atoms in total. The molecule has 1 aromatic heterocycles. The van der Waals surface area contributed by atoms with E-state index >= 15 is 0 Å². The summed E-state index contributed by atoms with van der Waals surface area (Å²) in [5, 5.41) is 0.604. The largest absolute Gasteiger partial charge is 0.396 e. The number of pyridine rings is 1. The summed E-state index contributed by atoms with van der Waals surface area (Å²) in [4.78, 5) is 6.62. The second-order valence-corrected chi connectivity index (χ2v) is 5.22. The number of aromatic nitrogens is 1. The fraction of sp³-hybridized carbons (Fsp3) is 0.615. The van der Waals surface area contributed by atoms with Crippen molar-refractivity contribution in [1.29, 1.82) is 0 Å². The summed E-state index contributed by atoms with van der Waals surface area (Å²) in [6.07, 6.45) is 6.80. The van der Waals surface area contributed by atoms with Gasteiger partial charge in [-0.25, -0.2) is 4.98 Å². The molecule has 0 spiro atoms. The Kier molecular flexibility index (Phi) is 4.11. The van der Waals surface area contributed by atoms with Gasteiger partial charge < -0.3 is 10.6 Å². The first kappa shape index (κ1) is 12.5. The van der Waals surface area contributed by atoms with Crippen molar-refractivity contribution in [1.82, 2.24) is 4.98 Å². The van der Waals surface area contributed by atoms with Crippen LogP contribution in [-0.4, -0.2) is 18.1 Å². The molecular formula is C13H20ClN3. The predicted molar refractivity (Wildman–Crippen MR) is 73.5 cm³/mol. The normalized spacial score (nSPS) is 17.4. The number of anilines is 2. The third kappa shape index (κ3) is 3.03. The minimum atomic E-state index is 0.604. The van der Waals surface area contributed by atoms with Gasteiger partial charge in [0.1, 0.15) is 0 Å². The van der Waals surface area contributed by atoms with Gasteiger partial charge in [0.25, 0.3) is 0 Å². The van der Waals surface area contributed by atoms with Gasteiger partial charge >= 0.3 is 0 Å². The van der Waals surface area contributed by atoms with Crippen LogP contribution in [0.3, 0.4) is 0 Å². The topological polar surface area (TPSA) is 42.2 Å². The Hall–Kier alpha value is -0.960. The quantitative estimate of drug-likeness (QED) is 0.899. The predicted octanol–water partition coefficient (Wildman–Crippen LogP) is 3.33. The fourth-order valence-corrected chi connectivity index (χ4v) is 2.72. The van der Waals surface area contributed by atoms with Gasteiger partial charge in [0, 0.05) is 19.3 Å². The number of piperidine rings is 1. The Balaban J connectivity index is 2.00. The fourth-order valence-electron chi connectivity index (χ4n) is 2.55. The standard InChI is InChI=1S/C13H20ClN3/c1-2-3-10-4-6-17(7-5-10)13-12(15)8-11(14)9-16-13/h8-10H,2-7,15H2,1H3. The van der Waals surface area contributed by atoms with Crippen LogP contribution in [0.25, 0.3) is 0 Å². The molecule has 0 amide bonds. The van der Waals surface area contributed by atoms with E-state index in [1.165, 1.54) is 25.7 Å². The molecule has 1 aliphatic rings. The average molecular weight is 254 g/mol. The molecule has 1 aliphatic heterocycles. The zero-order chi connectivity index (χ0) is 12.3. The molecule has 94 valence electrons. The molecule has 1 fully saturated rings. The van der Waals surface area contributed by atoms with Gasteiger partial charge in [0.2, 0.25) is 0 Å². The Morgan fingerprint density at radius 1 is 1.47 bits per heavy atom. The van der Waals surface area contributed by atoms with E-state index in [2.05, 4.69) is 16.8 Å². The maximum atomic E-state index is 5.96. The maximum Gasteiger partial charge on any atom is 0.151 e. The van der Waals surface area contributed by atoms with Crippen LogP contribution in [0.2, 0.25) is 5.02 Å². The zero-order valence-corrected chi connectivity index (χ0v) is 11.1. The molecule has 0 atom stereocenters. The first-order valence-corrected chi connectivity index (χ1v) is 6.74. The Morgan fingerprint density at radius 2 is 2.18 bits per heavy atom. The monoisotopic (exact) mass is 253 g/mol. The smallest absolute Gasteiger partial charge is 0.151 e. The minimum Gasteiger partial charge on any atom is -0.396 e. The number of rotatable bonds is 3. The molecular weight excluding hydrogens is 234 g/mol. The zero-order valence-electron chi connectivity index (χ0n) is 10.3. The van der Waals surface area contributed by atoms with Crippen molar-refractivity contribution in [3.63, 3.8) is 0 Å². The minimum absolute atomic E-state index is 0.604. The SMILES string of the molecule is CCCC1CCN(c2ncc(Cl)cc2N)CC1. The summed E-state index contributed by atoms with van der Waals surface area (Å²) in [6, 6.07) is 1.78. The summed E-state index contributed by atoms with van der Waals surface area (Å²) >= 11 is 5.86. The number of hydrogen-bond acceptors (Lipinski definition) is 3. The molecule has 1 aromatic rings. The highest BCUT2D eigenvalue weighted by Gasteiger charge is 2.20. The highest BCUT2D eigenvalue weighted by molar-refractivity contribution is 6.30. The van der Waals surface area contributed by atoms with Crippen LogP contribution in [0, 0.1) is 5.92 Å². The Labute approximate surface area is 108 Å². The molecule has 0 bridgehead atoms. The van der Waals surface area contributed by atoms with E-state index in [9.17, 15) is 0 Å². The van der Waals surface area contributed by atoms with Crippen molar-refractivity contribution in [3.05, 3.63) is 17.3 Å². The number of halogens is 1. The van der Waals surface area contributed by atoms with Crippen LogP contribution < -0.4 is 10.6 Å². The third-order valence-electron chi connectivity index (χ3n) is 3.47. The van der Waals surface area contributed by atoms with Gasteiger partial charge in [-0.15, -0.1) is 0 Å². The van der Waals surface area contributed by atoms with Crippen LogP contribution in [-0.2, 0) is 0 Å². The number of hydrogen-bond donors (Lipinski definition) is 1. The van der Waals surface area contributed by atoms with E-state index in [0.29, 0.717) is 10.7 Å². The Bertz CT molecular complexity index is 373. The summed E-state index contributed by atoms with van der Waals surface area (Å²) < 4.78 is 0. The molecule has 4 heteroatoms. The molecule has 17 heavy (non-hydrogen) atoms. The van der Waals surface area contributed by atoms with E-state index in [1.807, 2.05) is 0 Å². The van der Waals surface area contributed by atoms with Crippen LogP contribution in [0.15, 0.2) is 12.3 Å². The molecule has 0 aliphatic carbocycles. The summed E-state index contributed by atoms with van der Waals surface area (Å²) in [5.41, 5.74) is 6.64. The van der Waals surface area contributed by atoms with Gasteiger partial charge in [-0.3, -0.25) is 0 Å². The first-order chi connectivity index (χ1) is 8.20. The van der Waals surface area contributed by atoms with Crippen molar-refractivity contribution in [2.75, 3.05) is 23.7 Å². The summed E-state index contributed by atoms with van der Waals surface area (Å²) in [6.45, 7) is 4.37. The summed E-state index contributed by atoms with van der Waals surface area (Å²) in [5.74, 6) is 1.77. The van der Waals surface area contributed by atoms with Crippen molar-refractivity contribution in [2.45, 2.75) is 32.6 Å². The lowest BCUT2D eigenvalue weighted by Gasteiger charge is -2.33. The van der Waals surface area contributed by atoms with Crippen LogP contribution in [0.1, 0.15) is 32.6 Å². The van der Waals surface area contributed by atoms with Crippen molar-refractivity contribution >= 4 is 23.1 Å². The third-order valence-corrected chi connectivity index (χ3v) is 3.68. The molecule has 0 saturated carbocycles. The van der Waals surface area contributed by atoms with Crippen LogP contribution >= 0.6 is 11.6 Å². The molecule has 2 rings (SSSR count). The van der Waals surface area contributed by atoms with Crippen LogP contribution in [0.4, 0.5) is 11.5 Å². The van der Waals surface area contributed by atoms with E-state index in [-0.39, 0.29) is 0 Å². The molecule has 0 radical (unpaired) electrons. The number of nitrogen functional groups attached to an aromatic ring is 1. The lowest BCUT2D eigenvalue weighted by atomic mass is 9.92. The van der Waals surface area contributed by atoms with Gasteiger partial charge in [-0.1, -0.05) is 31.4 Å². The maximum absolute atomic E-state index is 5.96. The number of nitrogens with zero attached hydrogens (tertiary/aromatic N) is 2. The van der Waals surface area contributed by atoms with E-state index in [0.717, 1.165) is 24.8 Å². The van der Waals surface area contributed by atoms with E-state index in [4.69, 9.17) is 17.3 Å². The van der Waals surface area contributed by atoms with Crippen molar-refractivity contribution < 1.29 is 0 Å². The highest BCUT2D eigenvalue weighted by Crippen LogP contribution is 2.29. The van der Waals surface area contributed by atoms with Gasteiger partial charge in [0.15, 0.2) is 5.82 Å². The molecule has 2 heterocycles. The average Bonchev–Trinajstić information content (AvgIpc) is 2.31. The Morgan fingerprint density at radius 3 is 2.76 bits per heavy atom. The van der Waals surface area contributed by atoms with Crippen molar-refractivity contribution in [3.8, 4) is 0 Å². The highest BCUT2D eigenvalue weighted by atomic mass is 35.5. The first-order valence-electron chi connectivity index (χ1n) is 6.36. The molecule has 0 aromatic carbocycles. The molecule has 1 saturated heterocycles. The van der Waals surface area contributed by atoms with Crippen molar-refractivity contribution in [2.24, 2.45) is 5.92 Å². The number of nitrogens with two attached hydrogens (primary N) is 1. The lowest BCUT2D eigenvalue weighted by Crippen LogP contribution is -2.34. The molecule has 0 unspecified atom stereocenters. The van der Waals surface area contributed by atoms with Gasteiger partial charge in [0.05, 0.1) is 10.7 Å². The van der Waals surface area contributed by atoms with Crippen LogP contribution in [0.5, 0.6) is 0 Å². The lowest BCUT2D eigenvalue weighted by molar-refractivity contribution is 0.377. The van der Waals surface area contributed by atoms with Gasteiger partial charge in [-0.2, -0.15) is 0 Å².